The summed E-state index contributed by atoms with van der Waals surface area (Å²) in [6.07, 6.45) is 9.22. The molecule has 4 aromatic rings. The zero-order valence-corrected chi connectivity index (χ0v) is 11.3. The molecule has 0 aliphatic carbocycles. The van der Waals surface area contributed by atoms with Crippen LogP contribution in [-0.2, 0) is 6.54 Å². The first-order chi connectivity index (χ1) is 10.4. The SMILES string of the molecule is c1cc(-c2ccc(Cn3ccnc3)cn2)n2nccc2c1. The Bertz CT molecular complexity index is 859. The molecule has 0 bridgehead atoms. The molecule has 0 saturated carbocycles. The van der Waals surface area contributed by atoms with Crippen molar-refractivity contribution in [3.63, 3.8) is 0 Å². The molecule has 5 heteroatoms. The van der Waals surface area contributed by atoms with Crippen LogP contribution >= 0.6 is 0 Å². The van der Waals surface area contributed by atoms with Crippen LogP contribution in [0, 0.1) is 0 Å². The van der Waals surface area contributed by atoms with E-state index in [1.165, 1.54) is 0 Å². The quantitative estimate of drug-likeness (QED) is 0.577. The highest BCUT2D eigenvalue weighted by molar-refractivity contribution is 5.61. The highest BCUT2D eigenvalue weighted by Gasteiger charge is 2.05. The van der Waals surface area contributed by atoms with Gasteiger partial charge in [-0.25, -0.2) is 9.50 Å². The predicted octanol–water partition coefficient (Wildman–Crippen LogP) is 2.64. The van der Waals surface area contributed by atoms with E-state index in [1.807, 2.05) is 51.8 Å². The standard InChI is InChI=1S/C16H13N5/c1-2-14-6-7-19-21(14)16(3-1)15-5-4-13(10-18-15)11-20-9-8-17-12-20/h1-10,12H,11H2. The van der Waals surface area contributed by atoms with Crippen LogP contribution in [-0.4, -0.2) is 24.1 Å². The van der Waals surface area contributed by atoms with Gasteiger partial charge in [-0.3, -0.25) is 4.98 Å². The maximum absolute atomic E-state index is 4.56. The van der Waals surface area contributed by atoms with Crippen LogP contribution in [0.4, 0.5) is 0 Å². The van der Waals surface area contributed by atoms with Crippen LogP contribution in [0.2, 0.25) is 0 Å². The van der Waals surface area contributed by atoms with Crippen LogP contribution in [0.25, 0.3) is 16.9 Å². The molecule has 0 atom stereocenters. The average Bonchev–Trinajstić information content (AvgIpc) is 3.18. The summed E-state index contributed by atoms with van der Waals surface area (Å²) in [5.41, 5.74) is 4.12. The van der Waals surface area contributed by atoms with Crippen LogP contribution < -0.4 is 0 Å². The summed E-state index contributed by atoms with van der Waals surface area (Å²) in [5.74, 6) is 0. The maximum Gasteiger partial charge on any atom is 0.0949 e. The highest BCUT2D eigenvalue weighted by atomic mass is 15.2. The van der Waals surface area contributed by atoms with Crippen LogP contribution in [0.3, 0.4) is 0 Å². The third kappa shape index (κ3) is 2.18. The van der Waals surface area contributed by atoms with E-state index in [0.29, 0.717) is 0 Å². The van der Waals surface area contributed by atoms with Gasteiger partial charge in [0.2, 0.25) is 0 Å². The second kappa shape index (κ2) is 4.86. The largest absolute Gasteiger partial charge is 0.333 e. The lowest BCUT2D eigenvalue weighted by molar-refractivity contribution is 0.793. The lowest BCUT2D eigenvalue weighted by Gasteiger charge is -2.06. The van der Waals surface area contributed by atoms with Gasteiger partial charge >= 0.3 is 0 Å². The topological polar surface area (TPSA) is 48.0 Å². The normalized spacial score (nSPS) is 11.0. The number of hydrogen-bond donors (Lipinski definition) is 0. The van der Waals surface area contributed by atoms with Gasteiger partial charge < -0.3 is 4.57 Å². The summed E-state index contributed by atoms with van der Waals surface area (Å²) in [6.45, 7) is 0.777. The molecule has 4 heterocycles. The fraction of sp³-hybridized carbons (Fsp3) is 0.0625. The number of fused-ring (bicyclic) bond motifs is 1. The molecule has 0 spiro atoms. The van der Waals surface area contributed by atoms with E-state index in [4.69, 9.17) is 0 Å². The Balaban J connectivity index is 1.68. The molecule has 0 aliphatic heterocycles. The van der Waals surface area contributed by atoms with Crippen LogP contribution in [0.1, 0.15) is 5.56 Å². The molecule has 0 aliphatic rings. The lowest BCUT2D eigenvalue weighted by atomic mass is 10.2. The smallest absolute Gasteiger partial charge is 0.0949 e. The fourth-order valence-corrected chi connectivity index (χ4v) is 2.40. The number of pyridine rings is 2. The van der Waals surface area contributed by atoms with Gasteiger partial charge in [0.15, 0.2) is 0 Å². The van der Waals surface area contributed by atoms with Gasteiger partial charge in [-0.05, 0) is 29.8 Å². The zero-order chi connectivity index (χ0) is 14.1. The summed E-state index contributed by atoms with van der Waals surface area (Å²) in [7, 11) is 0. The fourth-order valence-electron chi connectivity index (χ4n) is 2.40. The average molecular weight is 275 g/mol. The van der Waals surface area contributed by atoms with Gasteiger partial charge in [-0.15, -0.1) is 0 Å². The van der Waals surface area contributed by atoms with Crippen LogP contribution in [0.5, 0.6) is 0 Å². The van der Waals surface area contributed by atoms with Gasteiger partial charge in [0.05, 0.1) is 29.4 Å². The van der Waals surface area contributed by atoms with E-state index < -0.39 is 0 Å². The maximum atomic E-state index is 4.56. The Labute approximate surface area is 121 Å². The van der Waals surface area contributed by atoms with Crippen molar-refractivity contribution in [1.29, 1.82) is 0 Å². The van der Waals surface area contributed by atoms with Gasteiger partial charge in [0, 0.05) is 25.1 Å². The predicted molar refractivity (Wildman–Crippen MR) is 79.8 cm³/mol. The first-order valence-corrected chi connectivity index (χ1v) is 6.74. The van der Waals surface area contributed by atoms with Crippen LogP contribution in [0.15, 0.2) is 67.5 Å². The number of aromatic nitrogens is 5. The summed E-state index contributed by atoms with van der Waals surface area (Å²) >= 11 is 0. The molecule has 4 rings (SSSR count). The number of hydrogen-bond acceptors (Lipinski definition) is 3. The van der Waals surface area contributed by atoms with E-state index >= 15 is 0 Å². The third-order valence-electron chi connectivity index (χ3n) is 3.43. The molecule has 21 heavy (non-hydrogen) atoms. The Morgan fingerprint density at radius 1 is 1.00 bits per heavy atom. The molecular formula is C16H13N5. The molecule has 0 aromatic carbocycles. The van der Waals surface area contributed by atoms with Crippen molar-refractivity contribution in [2.75, 3.05) is 0 Å². The van der Waals surface area contributed by atoms with E-state index in [9.17, 15) is 0 Å². The molecule has 0 saturated heterocycles. The molecule has 0 radical (unpaired) electrons. The van der Waals surface area contributed by atoms with Crippen molar-refractivity contribution in [2.24, 2.45) is 0 Å². The second-order valence-corrected chi connectivity index (χ2v) is 4.87. The first kappa shape index (κ1) is 11.8. The summed E-state index contributed by atoms with van der Waals surface area (Å²) in [4.78, 5) is 8.61. The molecule has 0 fully saturated rings. The van der Waals surface area contributed by atoms with Crippen molar-refractivity contribution in [3.8, 4) is 11.4 Å². The van der Waals surface area contributed by atoms with Crippen molar-refractivity contribution in [1.82, 2.24) is 24.1 Å². The highest BCUT2D eigenvalue weighted by Crippen LogP contribution is 2.18. The van der Waals surface area contributed by atoms with E-state index in [0.717, 1.165) is 29.0 Å². The Morgan fingerprint density at radius 3 is 2.81 bits per heavy atom. The monoisotopic (exact) mass is 275 g/mol. The molecular weight excluding hydrogens is 262 g/mol. The van der Waals surface area contributed by atoms with Gasteiger partial charge in [-0.2, -0.15) is 5.10 Å². The summed E-state index contributed by atoms with van der Waals surface area (Å²) in [5, 5.41) is 4.34. The molecule has 0 amide bonds. The zero-order valence-electron chi connectivity index (χ0n) is 11.3. The molecule has 5 nitrogen and oxygen atoms in total. The summed E-state index contributed by atoms with van der Waals surface area (Å²) in [6, 6.07) is 12.2. The first-order valence-electron chi connectivity index (χ1n) is 6.74. The molecule has 0 N–H and O–H groups in total. The van der Waals surface area contributed by atoms with E-state index in [-0.39, 0.29) is 0 Å². The Morgan fingerprint density at radius 2 is 2.00 bits per heavy atom. The Hall–Kier alpha value is -2.95. The van der Waals surface area contributed by atoms with Crippen molar-refractivity contribution >= 4 is 5.52 Å². The molecule has 102 valence electrons. The second-order valence-electron chi connectivity index (χ2n) is 4.87. The van der Waals surface area contributed by atoms with Crippen molar-refractivity contribution in [3.05, 3.63) is 73.1 Å². The minimum Gasteiger partial charge on any atom is -0.333 e. The van der Waals surface area contributed by atoms with Gasteiger partial charge in [0.1, 0.15) is 0 Å². The summed E-state index contributed by atoms with van der Waals surface area (Å²) < 4.78 is 3.92. The number of imidazole rings is 1. The minimum absolute atomic E-state index is 0.777. The number of rotatable bonds is 3. The number of nitrogens with zero attached hydrogens (tertiary/aromatic N) is 5. The Kier molecular flexibility index (Phi) is 2.74. The van der Waals surface area contributed by atoms with Gasteiger partial charge in [-0.1, -0.05) is 12.1 Å². The molecule has 0 unspecified atom stereocenters. The molecule has 4 aromatic heterocycles. The minimum atomic E-state index is 0.777. The van der Waals surface area contributed by atoms with Crippen molar-refractivity contribution in [2.45, 2.75) is 6.54 Å². The van der Waals surface area contributed by atoms with Crippen molar-refractivity contribution < 1.29 is 0 Å². The third-order valence-corrected chi connectivity index (χ3v) is 3.43. The van der Waals surface area contributed by atoms with E-state index in [1.54, 1.807) is 18.7 Å². The van der Waals surface area contributed by atoms with Gasteiger partial charge in [0.25, 0.3) is 0 Å². The van der Waals surface area contributed by atoms with E-state index in [2.05, 4.69) is 21.1 Å². The lowest BCUT2D eigenvalue weighted by Crippen LogP contribution is -1.99.